The third-order valence-corrected chi connectivity index (χ3v) is 6.26. The summed E-state index contributed by atoms with van der Waals surface area (Å²) in [5, 5.41) is 7.08. The number of ether oxygens (including phenoxy) is 1. The van der Waals surface area contributed by atoms with E-state index in [2.05, 4.69) is 15.4 Å². The molecule has 2 heterocycles. The van der Waals surface area contributed by atoms with E-state index in [1.807, 2.05) is 7.05 Å². The second-order valence-corrected chi connectivity index (χ2v) is 8.07. The summed E-state index contributed by atoms with van der Waals surface area (Å²) in [6, 6.07) is 6.52. The minimum absolute atomic E-state index is 0.278. The van der Waals surface area contributed by atoms with Crippen LogP contribution >= 0.6 is 0 Å². The predicted molar refractivity (Wildman–Crippen MR) is 92.6 cm³/mol. The summed E-state index contributed by atoms with van der Waals surface area (Å²) in [5.74, 6) is 1.66. The smallest absolute Gasteiger partial charge is 0.243 e. The van der Waals surface area contributed by atoms with Crippen molar-refractivity contribution in [3.05, 3.63) is 36.4 Å². The van der Waals surface area contributed by atoms with E-state index in [1.165, 1.54) is 6.33 Å². The molecule has 3 rings (SSSR count). The van der Waals surface area contributed by atoms with Gasteiger partial charge in [-0.2, -0.15) is 9.40 Å². The number of hydrogen-bond donors (Lipinski definition) is 1. The molecule has 2 aromatic rings. The summed E-state index contributed by atoms with van der Waals surface area (Å²) in [7, 11) is 0.228. The molecule has 9 heteroatoms. The summed E-state index contributed by atoms with van der Waals surface area (Å²) in [6.07, 6.45) is 2.35. The van der Waals surface area contributed by atoms with Crippen molar-refractivity contribution in [3.8, 4) is 5.75 Å². The van der Waals surface area contributed by atoms with E-state index in [1.54, 1.807) is 40.3 Å². The molecule has 1 aliphatic heterocycles. The number of hydrogen-bond acceptors (Lipinski definition) is 6. The molecule has 0 spiro atoms. The molecule has 0 amide bonds. The zero-order valence-electron chi connectivity index (χ0n) is 14.4. The summed E-state index contributed by atoms with van der Waals surface area (Å²) in [6.45, 7) is 2.24. The largest absolute Gasteiger partial charge is 0.486 e. The number of aromatic nitrogens is 3. The molecule has 1 atom stereocenters. The Balaban J connectivity index is 1.64. The van der Waals surface area contributed by atoms with Crippen molar-refractivity contribution < 1.29 is 13.2 Å². The molecule has 0 bridgehead atoms. The van der Waals surface area contributed by atoms with Crippen LogP contribution in [0.5, 0.6) is 5.75 Å². The van der Waals surface area contributed by atoms with Crippen LogP contribution in [0.4, 0.5) is 0 Å². The number of sulfonamides is 1. The highest BCUT2D eigenvalue weighted by molar-refractivity contribution is 7.89. The Hall–Kier alpha value is -1.97. The fraction of sp³-hybridized carbons (Fsp3) is 0.500. The second-order valence-electron chi connectivity index (χ2n) is 6.14. The maximum absolute atomic E-state index is 12.7. The molecule has 0 radical (unpaired) electrons. The molecular weight excluding hydrogens is 342 g/mol. The van der Waals surface area contributed by atoms with Gasteiger partial charge in [-0.3, -0.25) is 4.68 Å². The minimum atomic E-state index is -3.45. The van der Waals surface area contributed by atoms with Crippen LogP contribution in [-0.4, -0.2) is 54.2 Å². The first kappa shape index (κ1) is 17.8. The van der Waals surface area contributed by atoms with Gasteiger partial charge in [0.05, 0.1) is 4.90 Å². The third kappa shape index (κ3) is 4.00. The van der Waals surface area contributed by atoms with Crippen molar-refractivity contribution in [1.29, 1.82) is 0 Å². The lowest BCUT2D eigenvalue weighted by Gasteiger charge is -2.17. The summed E-state index contributed by atoms with van der Waals surface area (Å²) < 4.78 is 34.3. The van der Waals surface area contributed by atoms with Gasteiger partial charge in [-0.25, -0.2) is 13.4 Å². The lowest BCUT2D eigenvalue weighted by Crippen LogP contribution is -2.30. The van der Waals surface area contributed by atoms with Gasteiger partial charge in [-0.1, -0.05) is 0 Å². The van der Waals surface area contributed by atoms with Crippen LogP contribution in [-0.2, 0) is 23.7 Å². The second kappa shape index (κ2) is 7.51. The van der Waals surface area contributed by atoms with Gasteiger partial charge in [0, 0.05) is 20.1 Å². The van der Waals surface area contributed by atoms with Crippen molar-refractivity contribution in [3.63, 3.8) is 0 Å². The van der Waals surface area contributed by atoms with Crippen LogP contribution < -0.4 is 10.1 Å². The first-order chi connectivity index (χ1) is 12.0. The SMILES string of the molecule is CNCC1CCN(S(=O)(=O)c2ccc(OCc3ncnn3C)cc2)C1. The van der Waals surface area contributed by atoms with Gasteiger partial charge in [0.15, 0.2) is 5.82 Å². The number of nitrogens with zero attached hydrogens (tertiary/aromatic N) is 4. The highest BCUT2D eigenvalue weighted by Gasteiger charge is 2.32. The first-order valence-electron chi connectivity index (χ1n) is 8.21. The standard InChI is InChI=1S/C16H23N5O3S/c1-17-9-13-7-8-21(10-13)25(22,23)15-5-3-14(4-6-15)24-11-16-18-12-19-20(16)2/h3-6,12-13,17H,7-11H2,1-2H3. The van der Waals surface area contributed by atoms with Crippen LogP contribution in [0, 0.1) is 5.92 Å². The Morgan fingerprint density at radius 1 is 1.32 bits per heavy atom. The lowest BCUT2D eigenvalue weighted by atomic mass is 10.1. The lowest BCUT2D eigenvalue weighted by molar-refractivity contribution is 0.289. The molecule has 0 aliphatic carbocycles. The van der Waals surface area contributed by atoms with Crippen molar-refractivity contribution in [2.75, 3.05) is 26.7 Å². The van der Waals surface area contributed by atoms with E-state index >= 15 is 0 Å². The maximum Gasteiger partial charge on any atom is 0.243 e. The highest BCUT2D eigenvalue weighted by Crippen LogP contribution is 2.25. The number of aryl methyl sites for hydroxylation is 1. The van der Waals surface area contributed by atoms with E-state index in [4.69, 9.17) is 4.74 Å². The Bertz CT molecular complexity index is 803. The summed E-state index contributed by atoms with van der Waals surface area (Å²) in [4.78, 5) is 4.38. The maximum atomic E-state index is 12.7. The zero-order chi connectivity index (χ0) is 17.9. The molecular formula is C16H23N5O3S. The Kier molecular flexibility index (Phi) is 5.36. The molecule has 1 aromatic heterocycles. The summed E-state index contributed by atoms with van der Waals surface area (Å²) in [5.41, 5.74) is 0. The van der Waals surface area contributed by atoms with Gasteiger partial charge in [0.25, 0.3) is 0 Å². The van der Waals surface area contributed by atoms with Crippen molar-refractivity contribution in [1.82, 2.24) is 24.4 Å². The molecule has 136 valence electrons. The highest BCUT2D eigenvalue weighted by atomic mass is 32.2. The number of rotatable bonds is 7. The molecule has 1 aromatic carbocycles. The van der Waals surface area contributed by atoms with E-state index in [9.17, 15) is 8.42 Å². The van der Waals surface area contributed by atoms with Crippen LogP contribution in [0.2, 0.25) is 0 Å². The normalized spacial score (nSPS) is 18.6. The molecule has 25 heavy (non-hydrogen) atoms. The molecule has 1 saturated heterocycles. The predicted octanol–water partition coefficient (Wildman–Crippen LogP) is 0.624. The van der Waals surface area contributed by atoms with E-state index in [0.29, 0.717) is 35.5 Å². The van der Waals surface area contributed by atoms with Gasteiger partial charge < -0.3 is 10.1 Å². The average molecular weight is 365 g/mol. The molecule has 8 nitrogen and oxygen atoms in total. The number of nitrogens with one attached hydrogen (secondary N) is 1. The van der Waals surface area contributed by atoms with Crippen LogP contribution in [0.25, 0.3) is 0 Å². The average Bonchev–Trinajstić information content (AvgIpc) is 3.23. The first-order valence-corrected chi connectivity index (χ1v) is 9.65. The van der Waals surface area contributed by atoms with Gasteiger partial charge in [-0.15, -0.1) is 0 Å². The van der Waals surface area contributed by atoms with Crippen LogP contribution in [0.3, 0.4) is 0 Å². The van der Waals surface area contributed by atoms with Gasteiger partial charge >= 0.3 is 0 Å². The van der Waals surface area contributed by atoms with E-state index in [-0.39, 0.29) is 6.61 Å². The molecule has 1 aliphatic rings. The van der Waals surface area contributed by atoms with Crippen LogP contribution in [0.1, 0.15) is 12.2 Å². The number of benzene rings is 1. The fourth-order valence-corrected chi connectivity index (χ4v) is 4.46. The van der Waals surface area contributed by atoms with E-state index in [0.717, 1.165) is 13.0 Å². The zero-order valence-corrected chi connectivity index (χ0v) is 15.2. The van der Waals surface area contributed by atoms with Crippen molar-refractivity contribution >= 4 is 10.0 Å². The molecule has 1 unspecified atom stereocenters. The van der Waals surface area contributed by atoms with Gasteiger partial charge in [0.2, 0.25) is 10.0 Å². The van der Waals surface area contributed by atoms with Gasteiger partial charge in [-0.05, 0) is 50.2 Å². The Morgan fingerprint density at radius 3 is 2.72 bits per heavy atom. The van der Waals surface area contributed by atoms with Crippen LogP contribution in [0.15, 0.2) is 35.5 Å². The third-order valence-electron chi connectivity index (χ3n) is 4.38. The fourth-order valence-electron chi connectivity index (χ4n) is 2.93. The molecule has 1 N–H and O–H groups in total. The monoisotopic (exact) mass is 365 g/mol. The molecule has 0 saturated carbocycles. The summed E-state index contributed by atoms with van der Waals surface area (Å²) >= 11 is 0. The topological polar surface area (TPSA) is 89.3 Å². The van der Waals surface area contributed by atoms with Crippen molar-refractivity contribution in [2.24, 2.45) is 13.0 Å². The van der Waals surface area contributed by atoms with E-state index < -0.39 is 10.0 Å². The Morgan fingerprint density at radius 2 is 2.08 bits per heavy atom. The quantitative estimate of drug-likeness (QED) is 0.774. The minimum Gasteiger partial charge on any atom is -0.486 e. The Labute approximate surface area is 147 Å². The van der Waals surface area contributed by atoms with Gasteiger partial charge in [0.1, 0.15) is 18.7 Å². The molecule has 1 fully saturated rings. The van der Waals surface area contributed by atoms with Crippen molar-refractivity contribution in [2.45, 2.75) is 17.9 Å².